The molecule has 22 heavy (non-hydrogen) atoms. The third-order valence-electron chi connectivity index (χ3n) is 4.04. The number of rotatable bonds is 2. The molecule has 1 aliphatic rings. The van der Waals surface area contributed by atoms with Crippen molar-refractivity contribution < 1.29 is 9.95 Å². The molecular formula is C17H17BrN2O2. The summed E-state index contributed by atoms with van der Waals surface area (Å²) in [6, 6.07) is 16.9. The fourth-order valence-electron chi connectivity index (χ4n) is 2.89. The van der Waals surface area contributed by atoms with Crippen LogP contribution in [0.3, 0.4) is 0 Å². The summed E-state index contributed by atoms with van der Waals surface area (Å²) in [6.07, 6.45) is -0.752. The molecule has 0 spiro atoms. The second kappa shape index (κ2) is 5.50. The molecule has 2 aromatic carbocycles. The zero-order valence-electron chi connectivity index (χ0n) is 12.4. The van der Waals surface area contributed by atoms with Crippen molar-refractivity contribution >= 4 is 21.6 Å². The van der Waals surface area contributed by atoms with Gasteiger partial charge in [-0.25, -0.2) is 0 Å². The maximum absolute atomic E-state index is 12.9. The second-order valence-electron chi connectivity index (χ2n) is 5.87. The molecule has 114 valence electrons. The van der Waals surface area contributed by atoms with Crippen molar-refractivity contribution in [2.75, 3.05) is 0 Å². The van der Waals surface area contributed by atoms with Crippen molar-refractivity contribution in [3.63, 3.8) is 0 Å². The zero-order chi connectivity index (χ0) is 15.9. The summed E-state index contributed by atoms with van der Waals surface area (Å²) >= 11 is 3.38. The lowest BCUT2D eigenvalue weighted by Crippen LogP contribution is -2.44. The van der Waals surface area contributed by atoms with Crippen molar-refractivity contribution in [3.05, 3.63) is 75.4 Å². The van der Waals surface area contributed by atoms with Gasteiger partial charge in [-0.1, -0.05) is 34.1 Å². The lowest BCUT2D eigenvalue weighted by Gasteiger charge is -2.25. The summed E-state index contributed by atoms with van der Waals surface area (Å²) in [7, 11) is 0. The van der Waals surface area contributed by atoms with E-state index in [2.05, 4.69) is 15.9 Å². The Hall–Kier alpha value is -1.69. The monoisotopic (exact) mass is 360 g/mol. The Bertz CT molecular complexity index is 711. The minimum Gasteiger partial charge on any atom is -0.622 e. The number of hydrogen-bond donors (Lipinski definition) is 1. The third-order valence-corrected chi connectivity index (χ3v) is 4.57. The van der Waals surface area contributed by atoms with Gasteiger partial charge < -0.3 is 10.4 Å². The molecule has 0 aliphatic carbocycles. The Morgan fingerprint density at radius 1 is 1.09 bits per heavy atom. The molecule has 0 saturated heterocycles. The largest absolute Gasteiger partial charge is 0.622 e. The Labute approximate surface area is 138 Å². The van der Waals surface area contributed by atoms with Crippen molar-refractivity contribution in [3.8, 4) is 0 Å². The van der Waals surface area contributed by atoms with Gasteiger partial charge in [0.1, 0.15) is 5.54 Å². The van der Waals surface area contributed by atoms with E-state index in [4.69, 9.17) is 0 Å². The lowest BCUT2D eigenvalue weighted by molar-refractivity contribution is -0.544. The van der Waals surface area contributed by atoms with Crippen molar-refractivity contribution in [2.45, 2.75) is 25.6 Å². The molecule has 5 heteroatoms. The molecule has 2 aromatic rings. The van der Waals surface area contributed by atoms with Gasteiger partial charge in [-0.3, -0.25) is 0 Å². The van der Waals surface area contributed by atoms with Crippen LogP contribution in [0.15, 0.2) is 59.1 Å². The van der Waals surface area contributed by atoms with Gasteiger partial charge in [0.15, 0.2) is 0 Å². The van der Waals surface area contributed by atoms with E-state index in [1.807, 2.05) is 68.4 Å². The molecule has 0 amide bonds. The van der Waals surface area contributed by atoms with Crippen LogP contribution in [0, 0.1) is 5.21 Å². The van der Waals surface area contributed by atoms with E-state index in [0.717, 1.165) is 25.4 Å². The summed E-state index contributed by atoms with van der Waals surface area (Å²) < 4.78 is 1.83. The third kappa shape index (κ3) is 2.35. The predicted molar refractivity (Wildman–Crippen MR) is 88.8 cm³/mol. The summed E-state index contributed by atoms with van der Waals surface area (Å²) in [5, 5.41) is 24.6. The van der Waals surface area contributed by atoms with E-state index < -0.39 is 11.7 Å². The molecule has 1 N–H and O–H groups in total. The van der Waals surface area contributed by atoms with Crippen LogP contribution >= 0.6 is 15.9 Å². The minimum atomic E-state index is -0.777. The van der Waals surface area contributed by atoms with Gasteiger partial charge in [0.25, 0.3) is 6.17 Å². The van der Waals surface area contributed by atoms with Gasteiger partial charge in [0, 0.05) is 15.6 Å². The van der Waals surface area contributed by atoms with Crippen LogP contribution in [0.4, 0.5) is 0 Å². The van der Waals surface area contributed by atoms with Crippen LogP contribution in [0.25, 0.3) is 0 Å². The molecule has 1 atom stereocenters. The molecule has 0 bridgehead atoms. The number of benzene rings is 2. The molecule has 0 radical (unpaired) electrons. The minimum absolute atomic E-state index is 0.559. The normalized spacial score (nSPS) is 21.4. The Morgan fingerprint density at radius 2 is 1.68 bits per heavy atom. The summed E-state index contributed by atoms with van der Waals surface area (Å²) in [4.78, 5) is 0. The Kier molecular flexibility index (Phi) is 3.80. The average Bonchev–Trinajstić information content (AvgIpc) is 2.67. The number of hydroxylamine groups is 3. The maximum atomic E-state index is 12.9. The summed E-state index contributed by atoms with van der Waals surface area (Å²) in [5.41, 5.74) is 1.35. The molecule has 1 aliphatic heterocycles. The van der Waals surface area contributed by atoms with Crippen LogP contribution in [0.1, 0.15) is 31.1 Å². The standard InChI is InChI=1S/C17H17BrN2O2/c1-17(2)15(12-6-4-3-5-7-12)19(21)16(20(17)22)13-8-10-14(18)11-9-13/h3-11,16,22H,1-2H3/t16-/m0/s1. The fourth-order valence-corrected chi connectivity index (χ4v) is 3.16. The lowest BCUT2D eigenvalue weighted by atomic mass is 9.93. The van der Waals surface area contributed by atoms with Gasteiger partial charge in [0.2, 0.25) is 5.71 Å². The quantitative estimate of drug-likeness (QED) is 0.651. The molecule has 0 aromatic heterocycles. The fraction of sp³-hybridized carbons (Fsp3) is 0.235. The maximum Gasteiger partial charge on any atom is 0.268 e. The van der Waals surface area contributed by atoms with Crippen molar-refractivity contribution in [1.29, 1.82) is 0 Å². The highest BCUT2D eigenvalue weighted by Gasteiger charge is 2.52. The molecule has 0 fully saturated rings. The second-order valence-corrected chi connectivity index (χ2v) is 6.78. The van der Waals surface area contributed by atoms with Gasteiger partial charge in [-0.15, -0.1) is 5.06 Å². The first-order chi connectivity index (χ1) is 10.4. The van der Waals surface area contributed by atoms with E-state index in [1.54, 1.807) is 0 Å². The average molecular weight is 361 g/mol. The Balaban J connectivity index is 2.13. The van der Waals surface area contributed by atoms with E-state index in [9.17, 15) is 10.4 Å². The van der Waals surface area contributed by atoms with Gasteiger partial charge in [-0.05, 0) is 50.2 Å². The number of hydrogen-bond acceptors (Lipinski definition) is 3. The molecule has 3 rings (SSSR count). The van der Waals surface area contributed by atoms with Gasteiger partial charge in [0.05, 0.1) is 0 Å². The van der Waals surface area contributed by atoms with Gasteiger partial charge >= 0.3 is 0 Å². The SMILES string of the molecule is CC1(C)C(c2ccccc2)=[N+]([O-])[C@H](c2ccc(Br)cc2)N1O. The molecular weight excluding hydrogens is 344 g/mol. The smallest absolute Gasteiger partial charge is 0.268 e. The highest BCUT2D eigenvalue weighted by atomic mass is 79.9. The van der Waals surface area contributed by atoms with Crippen molar-refractivity contribution in [2.24, 2.45) is 0 Å². The molecule has 0 unspecified atom stereocenters. The molecule has 4 nitrogen and oxygen atoms in total. The highest BCUT2D eigenvalue weighted by Crippen LogP contribution is 2.36. The van der Waals surface area contributed by atoms with Crippen LogP contribution in [-0.4, -0.2) is 26.3 Å². The van der Waals surface area contributed by atoms with Crippen LogP contribution in [0.2, 0.25) is 0 Å². The van der Waals surface area contributed by atoms with Crippen molar-refractivity contribution in [1.82, 2.24) is 5.06 Å². The first-order valence-corrected chi connectivity index (χ1v) is 7.85. The van der Waals surface area contributed by atoms with E-state index in [0.29, 0.717) is 5.71 Å². The molecule has 1 heterocycles. The number of nitrogens with zero attached hydrogens (tertiary/aromatic N) is 2. The highest BCUT2D eigenvalue weighted by molar-refractivity contribution is 9.10. The molecule has 0 saturated carbocycles. The van der Waals surface area contributed by atoms with Gasteiger partial charge in [-0.2, -0.15) is 4.74 Å². The van der Waals surface area contributed by atoms with E-state index in [1.165, 1.54) is 0 Å². The van der Waals surface area contributed by atoms with E-state index >= 15 is 0 Å². The first-order valence-electron chi connectivity index (χ1n) is 7.06. The van der Waals surface area contributed by atoms with Crippen LogP contribution < -0.4 is 0 Å². The summed E-state index contributed by atoms with van der Waals surface area (Å²) in [5.74, 6) is 0. The van der Waals surface area contributed by atoms with E-state index in [-0.39, 0.29) is 0 Å². The predicted octanol–water partition coefficient (Wildman–Crippen LogP) is 3.93. The summed E-state index contributed by atoms with van der Waals surface area (Å²) in [6.45, 7) is 3.69. The topological polar surface area (TPSA) is 49.5 Å². The number of halogens is 1. The van der Waals surface area contributed by atoms with Crippen LogP contribution in [0.5, 0.6) is 0 Å². The Morgan fingerprint density at radius 3 is 2.27 bits per heavy atom. The van der Waals surface area contributed by atoms with Crippen LogP contribution in [-0.2, 0) is 0 Å². The first kappa shape index (κ1) is 15.2. The zero-order valence-corrected chi connectivity index (χ0v) is 14.0.